The lowest BCUT2D eigenvalue weighted by molar-refractivity contribution is 0.974. The van der Waals surface area contributed by atoms with Gasteiger partial charge in [0.1, 0.15) is 16.8 Å². The molecule has 0 atom stereocenters. The smallest absolute Gasteiger partial charge is 0.273 e. The minimum absolute atomic E-state index is 0.0905. The molecular weight excluding hydrogens is 336 g/mol. The number of aryl methyl sites for hydroxylation is 2. The lowest BCUT2D eigenvalue weighted by atomic mass is 10.2. The number of hydrogen-bond donors (Lipinski definition) is 0. The van der Waals surface area contributed by atoms with Crippen molar-refractivity contribution in [2.45, 2.75) is 6.92 Å². The molecule has 0 bridgehead atoms. The molecule has 1 aromatic carbocycles. The van der Waals surface area contributed by atoms with Gasteiger partial charge >= 0.3 is 0 Å². The van der Waals surface area contributed by atoms with Gasteiger partial charge in [-0.2, -0.15) is 5.26 Å². The first-order valence-corrected chi connectivity index (χ1v) is 8.07. The predicted molar refractivity (Wildman–Crippen MR) is 98.3 cm³/mol. The van der Waals surface area contributed by atoms with Crippen LogP contribution in [-0.4, -0.2) is 14.1 Å². The van der Waals surface area contributed by atoms with Crippen molar-refractivity contribution in [2.24, 2.45) is 7.05 Å². The van der Waals surface area contributed by atoms with E-state index in [2.05, 4.69) is 4.98 Å². The van der Waals surface area contributed by atoms with Gasteiger partial charge in [-0.15, -0.1) is 0 Å². The van der Waals surface area contributed by atoms with Gasteiger partial charge in [-0.25, -0.2) is 4.98 Å². The first kappa shape index (κ1) is 15.4. The molecule has 0 spiro atoms. The van der Waals surface area contributed by atoms with Crippen molar-refractivity contribution in [1.29, 1.82) is 5.26 Å². The third-order valence-corrected chi connectivity index (χ3v) is 4.66. The van der Waals surface area contributed by atoms with E-state index >= 15 is 0 Å². The van der Waals surface area contributed by atoms with E-state index in [1.54, 1.807) is 29.7 Å². The zero-order valence-corrected chi connectivity index (χ0v) is 14.4. The summed E-state index contributed by atoms with van der Waals surface area (Å²) in [5, 5.41) is 10.7. The number of nitrogens with zero attached hydrogens (tertiary/aromatic N) is 4. The van der Waals surface area contributed by atoms with Gasteiger partial charge in [0.2, 0.25) is 0 Å². The highest BCUT2D eigenvalue weighted by atomic mass is 35.5. The molecule has 5 nitrogen and oxygen atoms in total. The second-order valence-corrected chi connectivity index (χ2v) is 6.25. The highest BCUT2D eigenvalue weighted by Crippen LogP contribution is 2.30. The molecule has 25 heavy (non-hydrogen) atoms. The van der Waals surface area contributed by atoms with Crippen molar-refractivity contribution in [1.82, 2.24) is 14.1 Å². The van der Waals surface area contributed by atoms with Crippen LogP contribution in [0.15, 0.2) is 47.3 Å². The molecule has 0 aliphatic heterocycles. The maximum atomic E-state index is 13.0. The molecule has 3 aromatic heterocycles. The van der Waals surface area contributed by atoms with Crippen LogP contribution in [0.1, 0.15) is 11.3 Å². The molecule has 4 aromatic rings. The van der Waals surface area contributed by atoms with E-state index in [0.717, 1.165) is 21.9 Å². The first-order valence-electron chi connectivity index (χ1n) is 7.69. The van der Waals surface area contributed by atoms with E-state index in [1.165, 1.54) is 0 Å². The fourth-order valence-electron chi connectivity index (χ4n) is 3.28. The Kier molecular flexibility index (Phi) is 3.38. The number of pyridine rings is 2. The van der Waals surface area contributed by atoms with Gasteiger partial charge in [0, 0.05) is 12.4 Å². The molecule has 0 saturated carbocycles. The van der Waals surface area contributed by atoms with Gasteiger partial charge in [0.05, 0.1) is 27.9 Å². The van der Waals surface area contributed by atoms with E-state index in [0.29, 0.717) is 16.5 Å². The average Bonchev–Trinajstić information content (AvgIpc) is 2.88. The lowest BCUT2D eigenvalue weighted by Crippen LogP contribution is -2.22. The Morgan fingerprint density at radius 3 is 2.64 bits per heavy atom. The number of rotatable bonds is 1. The third kappa shape index (κ3) is 2.15. The standard InChI is InChI=1S/C19H13ClN4O/c1-11-14(7-8-17(20)22-11)24-18-13-5-3-4-6-15(13)23(2)16(18)9-12(10-21)19(24)25/h3-9H,1-2H3. The summed E-state index contributed by atoms with van der Waals surface area (Å²) in [5.74, 6) is 0. The normalized spacial score (nSPS) is 11.1. The molecule has 0 aliphatic carbocycles. The summed E-state index contributed by atoms with van der Waals surface area (Å²) >= 11 is 5.97. The molecular formula is C19H13ClN4O. The van der Waals surface area contributed by atoms with Crippen molar-refractivity contribution < 1.29 is 0 Å². The molecule has 0 amide bonds. The average molecular weight is 349 g/mol. The number of halogens is 1. The second kappa shape index (κ2) is 5.47. The highest BCUT2D eigenvalue weighted by molar-refractivity contribution is 6.29. The van der Waals surface area contributed by atoms with Crippen LogP contribution in [0, 0.1) is 18.3 Å². The Balaban J connectivity index is 2.30. The highest BCUT2D eigenvalue weighted by Gasteiger charge is 2.18. The van der Waals surface area contributed by atoms with E-state index in [9.17, 15) is 10.1 Å². The van der Waals surface area contributed by atoms with Crippen molar-refractivity contribution in [3.05, 3.63) is 69.2 Å². The molecule has 0 saturated heterocycles. The van der Waals surface area contributed by atoms with Crippen LogP contribution in [0.5, 0.6) is 0 Å². The zero-order valence-electron chi connectivity index (χ0n) is 13.6. The van der Waals surface area contributed by atoms with Crippen LogP contribution in [0.2, 0.25) is 5.15 Å². The predicted octanol–water partition coefficient (Wildman–Crippen LogP) is 3.71. The summed E-state index contributed by atoms with van der Waals surface area (Å²) in [5.41, 5.74) is 3.53. The quantitative estimate of drug-likeness (QED) is 0.492. The van der Waals surface area contributed by atoms with Crippen LogP contribution in [0.4, 0.5) is 0 Å². The van der Waals surface area contributed by atoms with Gasteiger partial charge in [-0.3, -0.25) is 9.36 Å². The number of fused-ring (bicyclic) bond motifs is 3. The monoisotopic (exact) mass is 348 g/mol. The molecule has 0 aliphatic rings. The van der Waals surface area contributed by atoms with Gasteiger partial charge in [0.15, 0.2) is 0 Å². The molecule has 0 radical (unpaired) electrons. The van der Waals surface area contributed by atoms with Crippen molar-refractivity contribution in [3.63, 3.8) is 0 Å². The van der Waals surface area contributed by atoms with Gasteiger partial charge in [0.25, 0.3) is 5.56 Å². The number of nitriles is 1. The fraction of sp³-hybridized carbons (Fsp3) is 0.105. The number of benzene rings is 1. The number of hydrogen-bond acceptors (Lipinski definition) is 3. The SMILES string of the molecule is Cc1nc(Cl)ccc1-n1c(=O)c(C#N)cc2c1c1ccccc1n2C. The molecule has 4 rings (SSSR count). The molecule has 3 heterocycles. The number of aromatic nitrogens is 3. The summed E-state index contributed by atoms with van der Waals surface area (Å²) in [4.78, 5) is 17.2. The summed E-state index contributed by atoms with van der Waals surface area (Å²) in [6.45, 7) is 1.80. The number of para-hydroxylation sites is 1. The maximum absolute atomic E-state index is 13.0. The molecule has 0 N–H and O–H groups in total. The third-order valence-electron chi connectivity index (χ3n) is 4.45. The Morgan fingerprint density at radius 2 is 1.92 bits per heavy atom. The van der Waals surface area contributed by atoms with Gasteiger partial charge in [-0.1, -0.05) is 29.8 Å². The van der Waals surface area contributed by atoms with Crippen molar-refractivity contribution in [3.8, 4) is 11.8 Å². The van der Waals surface area contributed by atoms with E-state index in [1.807, 2.05) is 41.9 Å². The lowest BCUT2D eigenvalue weighted by Gasteiger charge is -2.12. The van der Waals surface area contributed by atoms with Gasteiger partial charge in [-0.05, 0) is 31.2 Å². The zero-order chi connectivity index (χ0) is 17.7. The molecule has 0 unspecified atom stereocenters. The Bertz CT molecular complexity index is 1260. The Labute approximate surface area is 148 Å². The summed E-state index contributed by atoms with van der Waals surface area (Å²) in [7, 11) is 1.92. The fourth-order valence-corrected chi connectivity index (χ4v) is 3.47. The van der Waals surface area contributed by atoms with Crippen LogP contribution in [0.3, 0.4) is 0 Å². The van der Waals surface area contributed by atoms with Crippen molar-refractivity contribution in [2.75, 3.05) is 0 Å². The second-order valence-electron chi connectivity index (χ2n) is 5.86. The van der Waals surface area contributed by atoms with E-state index in [4.69, 9.17) is 11.6 Å². The topological polar surface area (TPSA) is 63.6 Å². The van der Waals surface area contributed by atoms with E-state index in [-0.39, 0.29) is 11.1 Å². The van der Waals surface area contributed by atoms with Crippen LogP contribution >= 0.6 is 11.6 Å². The summed E-state index contributed by atoms with van der Waals surface area (Å²) < 4.78 is 3.55. The molecule has 122 valence electrons. The Hall–Kier alpha value is -3.10. The first-order chi connectivity index (χ1) is 12.0. The van der Waals surface area contributed by atoms with Crippen LogP contribution in [-0.2, 0) is 7.05 Å². The maximum Gasteiger partial charge on any atom is 0.273 e. The van der Waals surface area contributed by atoms with Gasteiger partial charge < -0.3 is 4.57 Å². The summed E-state index contributed by atoms with van der Waals surface area (Å²) in [6.07, 6.45) is 0. The van der Waals surface area contributed by atoms with Crippen molar-refractivity contribution >= 4 is 33.5 Å². The minimum Gasteiger partial charge on any atom is -0.342 e. The largest absolute Gasteiger partial charge is 0.342 e. The van der Waals surface area contributed by atoms with Crippen LogP contribution < -0.4 is 5.56 Å². The molecule has 6 heteroatoms. The Morgan fingerprint density at radius 1 is 1.16 bits per heavy atom. The molecule has 0 fully saturated rings. The van der Waals surface area contributed by atoms with Crippen LogP contribution in [0.25, 0.3) is 27.6 Å². The minimum atomic E-state index is -0.362. The van der Waals surface area contributed by atoms with E-state index < -0.39 is 0 Å². The summed E-state index contributed by atoms with van der Waals surface area (Å²) in [6, 6.07) is 14.9.